The first kappa shape index (κ1) is 15.2. The largest absolute Gasteiger partial charge is 0.476 e. The van der Waals surface area contributed by atoms with Crippen LogP contribution in [0.1, 0.15) is 54.8 Å². The molecule has 2 aromatic heterocycles. The monoisotopic (exact) mass is 330 g/mol. The molecule has 2 atom stereocenters. The van der Waals surface area contributed by atoms with E-state index in [1.54, 1.807) is 6.07 Å². The summed E-state index contributed by atoms with van der Waals surface area (Å²) < 4.78 is 12.4. The average molecular weight is 330 g/mol. The van der Waals surface area contributed by atoms with Crippen molar-refractivity contribution >= 4 is 5.91 Å². The van der Waals surface area contributed by atoms with Crippen LogP contribution in [0.25, 0.3) is 0 Å². The van der Waals surface area contributed by atoms with Gasteiger partial charge in [-0.1, -0.05) is 0 Å². The van der Waals surface area contributed by atoms with Crippen LogP contribution < -0.4 is 4.74 Å². The van der Waals surface area contributed by atoms with E-state index in [1.165, 1.54) is 5.69 Å². The van der Waals surface area contributed by atoms with Gasteiger partial charge in [-0.25, -0.2) is 0 Å². The number of amides is 1. The van der Waals surface area contributed by atoms with Crippen LogP contribution in [-0.2, 0) is 7.05 Å². The fraction of sp³-hybridized carbons (Fsp3) is 0.588. The molecule has 0 aliphatic carbocycles. The number of carbonyl (C=O) groups excluding carboxylic acids is 1. The van der Waals surface area contributed by atoms with Crippen LogP contribution in [0.2, 0.25) is 0 Å². The lowest BCUT2D eigenvalue weighted by atomic mass is 9.88. The lowest BCUT2D eigenvalue weighted by Gasteiger charge is -2.38. The molecule has 0 spiro atoms. The van der Waals surface area contributed by atoms with Crippen molar-refractivity contribution in [2.75, 3.05) is 6.61 Å². The average Bonchev–Trinajstić information content (AvgIpc) is 3.26. The van der Waals surface area contributed by atoms with E-state index in [4.69, 9.17) is 9.26 Å². The van der Waals surface area contributed by atoms with Crippen LogP contribution in [-0.4, -0.2) is 44.4 Å². The molecule has 1 amide bonds. The molecule has 2 aliphatic rings. The molecule has 2 unspecified atom stereocenters. The highest BCUT2D eigenvalue weighted by atomic mass is 16.5. The first-order valence-electron chi connectivity index (χ1n) is 8.57. The number of hydrogen-bond acceptors (Lipinski definition) is 5. The summed E-state index contributed by atoms with van der Waals surface area (Å²) in [4.78, 5) is 14.9. The SMILES string of the molecule is CCOc1cc(C(=O)N2C3CCC2CC(c2ccnn2C)C3)on1. The van der Waals surface area contributed by atoms with Gasteiger partial charge in [0.1, 0.15) is 0 Å². The van der Waals surface area contributed by atoms with Gasteiger partial charge in [0.2, 0.25) is 5.76 Å². The van der Waals surface area contributed by atoms with E-state index in [-0.39, 0.29) is 23.8 Å². The zero-order chi connectivity index (χ0) is 16.7. The van der Waals surface area contributed by atoms with Gasteiger partial charge in [0.05, 0.1) is 12.7 Å². The number of nitrogens with zero attached hydrogens (tertiary/aromatic N) is 4. The van der Waals surface area contributed by atoms with Gasteiger partial charge in [-0.3, -0.25) is 9.48 Å². The van der Waals surface area contributed by atoms with E-state index < -0.39 is 0 Å². The molecule has 128 valence electrons. The minimum absolute atomic E-state index is 0.0654. The van der Waals surface area contributed by atoms with Crippen molar-refractivity contribution in [3.8, 4) is 5.88 Å². The van der Waals surface area contributed by atoms with Gasteiger partial charge in [0.25, 0.3) is 11.8 Å². The molecule has 2 aromatic rings. The molecule has 2 fully saturated rings. The summed E-state index contributed by atoms with van der Waals surface area (Å²) in [7, 11) is 1.98. The highest BCUT2D eigenvalue weighted by molar-refractivity contribution is 5.92. The molecule has 4 rings (SSSR count). The van der Waals surface area contributed by atoms with Gasteiger partial charge >= 0.3 is 0 Å². The van der Waals surface area contributed by atoms with Gasteiger partial charge < -0.3 is 14.2 Å². The number of fused-ring (bicyclic) bond motifs is 2. The number of ether oxygens (including phenoxy) is 1. The van der Waals surface area contributed by atoms with Crippen LogP contribution >= 0.6 is 0 Å². The highest BCUT2D eigenvalue weighted by Gasteiger charge is 2.45. The van der Waals surface area contributed by atoms with Gasteiger partial charge in [-0.15, -0.1) is 0 Å². The normalized spacial score (nSPS) is 25.9. The number of hydrogen-bond donors (Lipinski definition) is 0. The number of aryl methyl sites for hydroxylation is 1. The summed E-state index contributed by atoms with van der Waals surface area (Å²) in [6, 6.07) is 4.21. The van der Waals surface area contributed by atoms with Crippen molar-refractivity contribution in [2.45, 2.75) is 50.6 Å². The van der Waals surface area contributed by atoms with E-state index in [0.29, 0.717) is 18.4 Å². The topological polar surface area (TPSA) is 73.4 Å². The Labute approximate surface area is 140 Å². The van der Waals surface area contributed by atoms with Gasteiger partial charge in [-0.2, -0.15) is 5.10 Å². The van der Waals surface area contributed by atoms with Gasteiger partial charge in [0, 0.05) is 36.9 Å². The Kier molecular flexibility index (Phi) is 3.78. The van der Waals surface area contributed by atoms with Crippen molar-refractivity contribution in [3.05, 3.63) is 29.8 Å². The second-order valence-electron chi connectivity index (χ2n) is 6.61. The third kappa shape index (κ3) is 2.48. The number of aromatic nitrogens is 3. The third-order valence-electron chi connectivity index (χ3n) is 5.24. The van der Waals surface area contributed by atoms with Crippen molar-refractivity contribution in [3.63, 3.8) is 0 Å². The van der Waals surface area contributed by atoms with E-state index in [2.05, 4.69) is 16.3 Å². The molecular formula is C17H22N4O3. The Balaban J connectivity index is 1.51. The van der Waals surface area contributed by atoms with Crippen molar-refractivity contribution in [1.82, 2.24) is 19.8 Å². The maximum absolute atomic E-state index is 12.9. The van der Waals surface area contributed by atoms with Crippen LogP contribution in [0.15, 0.2) is 22.9 Å². The Morgan fingerprint density at radius 3 is 2.75 bits per heavy atom. The molecule has 7 heteroatoms. The molecule has 7 nitrogen and oxygen atoms in total. The highest BCUT2D eigenvalue weighted by Crippen LogP contribution is 2.43. The molecule has 2 aliphatic heterocycles. The summed E-state index contributed by atoms with van der Waals surface area (Å²) in [6.07, 6.45) is 5.91. The second-order valence-corrected chi connectivity index (χ2v) is 6.61. The molecular weight excluding hydrogens is 308 g/mol. The lowest BCUT2D eigenvalue weighted by Crippen LogP contribution is -2.46. The first-order valence-corrected chi connectivity index (χ1v) is 8.57. The third-order valence-corrected chi connectivity index (χ3v) is 5.24. The molecule has 4 heterocycles. The number of piperidine rings is 1. The molecule has 24 heavy (non-hydrogen) atoms. The maximum Gasteiger partial charge on any atom is 0.293 e. The van der Waals surface area contributed by atoms with Crippen LogP contribution in [0, 0.1) is 0 Å². The van der Waals surface area contributed by atoms with E-state index in [9.17, 15) is 4.79 Å². The first-order chi connectivity index (χ1) is 11.7. The molecule has 2 saturated heterocycles. The van der Waals surface area contributed by atoms with Gasteiger partial charge in [0.15, 0.2) is 0 Å². The molecule has 0 radical (unpaired) electrons. The quantitative estimate of drug-likeness (QED) is 0.860. The summed E-state index contributed by atoms with van der Waals surface area (Å²) in [5, 5.41) is 8.09. The number of rotatable bonds is 4. The fourth-order valence-corrected chi connectivity index (χ4v) is 4.24. The zero-order valence-electron chi connectivity index (χ0n) is 14.0. The predicted molar refractivity (Wildman–Crippen MR) is 85.8 cm³/mol. The molecule has 0 N–H and O–H groups in total. The van der Waals surface area contributed by atoms with Gasteiger partial charge in [-0.05, 0) is 43.8 Å². The van der Waals surface area contributed by atoms with E-state index in [1.807, 2.05) is 29.7 Å². The second kappa shape index (κ2) is 5.96. The van der Waals surface area contributed by atoms with E-state index >= 15 is 0 Å². The fourth-order valence-electron chi connectivity index (χ4n) is 4.24. The Morgan fingerprint density at radius 1 is 1.38 bits per heavy atom. The van der Waals surface area contributed by atoms with Crippen LogP contribution in [0.5, 0.6) is 5.88 Å². The van der Waals surface area contributed by atoms with Crippen molar-refractivity contribution < 1.29 is 14.1 Å². The Hall–Kier alpha value is -2.31. The smallest absolute Gasteiger partial charge is 0.293 e. The van der Waals surface area contributed by atoms with Crippen molar-refractivity contribution in [2.24, 2.45) is 7.05 Å². The standard InChI is InChI=1S/C17H22N4O3/c1-3-23-16-10-15(24-19-16)17(22)21-12-4-5-13(21)9-11(8-12)14-6-7-18-20(14)2/h6-7,10-13H,3-5,8-9H2,1-2H3. The zero-order valence-corrected chi connectivity index (χ0v) is 14.0. The summed E-state index contributed by atoms with van der Waals surface area (Å²) >= 11 is 0. The maximum atomic E-state index is 12.9. The molecule has 0 saturated carbocycles. The minimum Gasteiger partial charge on any atom is -0.476 e. The van der Waals surface area contributed by atoms with Crippen LogP contribution in [0.3, 0.4) is 0 Å². The number of carbonyl (C=O) groups is 1. The summed E-state index contributed by atoms with van der Waals surface area (Å²) in [6.45, 7) is 2.38. The molecule has 2 bridgehead atoms. The lowest BCUT2D eigenvalue weighted by molar-refractivity contribution is 0.0526. The minimum atomic E-state index is -0.0654. The van der Waals surface area contributed by atoms with Crippen LogP contribution in [0.4, 0.5) is 0 Å². The predicted octanol–water partition coefficient (Wildman–Crippen LogP) is 2.36. The van der Waals surface area contributed by atoms with Crippen molar-refractivity contribution in [1.29, 1.82) is 0 Å². The molecule has 0 aromatic carbocycles. The van der Waals surface area contributed by atoms with E-state index in [0.717, 1.165) is 25.7 Å². The summed E-state index contributed by atoms with van der Waals surface area (Å²) in [5.41, 5.74) is 1.26. The Morgan fingerprint density at radius 2 is 2.12 bits per heavy atom. The Bertz CT molecular complexity index is 724. The summed E-state index contributed by atoms with van der Waals surface area (Å²) in [5.74, 6) is 1.05.